The average Bonchev–Trinajstić information content (AvgIpc) is 2.98. The van der Waals surface area contributed by atoms with Gasteiger partial charge in [-0.1, -0.05) is 18.2 Å². The minimum absolute atomic E-state index is 0.159. The molecule has 2 fully saturated rings. The Bertz CT molecular complexity index is 538. The van der Waals surface area contributed by atoms with Gasteiger partial charge in [0.05, 0.1) is 12.0 Å². The molecule has 1 aromatic rings. The maximum atomic E-state index is 12.0. The van der Waals surface area contributed by atoms with E-state index in [0.717, 1.165) is 6.29 Å². The molecule has 0 spiro atoms. The number of benzene rings is 1. The van der Waals surface area contributed by atoms with Crippen LogP contribution in [0.4, 0.5) is 0 Å². The van der Waals surface area contributed by atoms with Crippen LogP contribution in [0.15, 0.2) is 30.3 Å². The molecule has 0 bridgehead atoms. The summed E-state index contributed by atoms with van der Waals surface area (Å²) in [6, 6.07) is 8.62. The van der Waals surface area contributed by atoms with E-state index in [1.54, 1.807) is 24.3 Å². The number of hydrogen-bond donors (Lipinski definition) is 0. The standard InChI is InChI=1S/C15H14O5/c16-8-10-6-12(14-11(10)7-13(17)20-14)19-15(18)9-4-2-1-3-5-9/h1-5,8,10-12,14H,6-7H2. The van der Waals surface area contributed by atoms with E-state index >= 15 is 0 Å². The van der Waals surface area contributed by atoms with Crippen LogP contribution in [0.5, 0.6) is 0 Å². The predicted molar refractivity (Wildman–Crippen MR) is 67.8 cm³/mol. The summed E-state index contributed by atoms with van der Waals surface area (Å²) in [7, 11) is 0. The molecule has 0 N–H and O–H groups in total. The van der Waals surface area contributed by atoms with E-state index < -0.39 is 18.2 Å². The summed E-state index contributed by atoms with van der Waals surface area (Å²) < 4.78 is 10.6. The van der Waals surface area contributed by atoms with Crippen molar-refractivity contribution >= 4 is 18.2 Å². The number of carbonyl (C=O) groups is 3. The minimum atomic E-state index is -0.533. The van der Waals surface area contributed by atoms with E-state index in [2.05, 4.69) is 0 Å². The summed E-state index contributed by atoms with van der Waals surface area (Å²) in [6.45, 7) is 0. The summed E-state index contributed by atoms with van der Waals surface area (Å²) in [6.07, 6.45) is 0.466. The van der Waals surface area contributed by atoms with Crippen LogP contribution in [-0.2, 0) is 19.1 Å². The molecule has 5 nitrogen and oxygen atoms in total. The quantitative estimate of drug-likeness (QED) is 0.615. The van der Waals surface area contributed by atoms with E-state index in [1.165, 1.54) is 0 Å². The number of esters is 2. The number of aldehydes is 1. The molecule has 1 aromatic carbocycles. The van der Waals surface area contributed by atoms with Gasteiger partial charge < -0.3 is 14.3 Å². The molecule has 0 radical (unpaired) electrons. The van der Waals surface area contributed by atoms with Crippen LogP contribution < -0.4 is 0 Å². The molecule has 1 aliphatic heterocycles. The summed E-state index contributed by atoms with van der Waals surface area (Å²) in [4.78, 5) is 34.4. The van der Waals surface area contributed by atoms with Gasteiger partial charge >= 0.3 is 11.9 Å². The molecular formula is C15H14O5. The predicted octanol–water partition coefficient (Wildman–Crippen LogP) is 1.36. The van der Waals surface area contributed by atoms with Gasteiger partial charge in [0, 0.05) is 11.8 Å². The average molecular weight is 274 g/mol. The second-order valence-corrected chi connectivity index (χ2v) is 5.17. The van der Waals surface area contributed by atoms with Crippen LogP contribution in [-0.4, -0.2) is 30.4 Å². The Labute approximate surface area is 115 Å². The largest absolute Gasteiger partial charge is 0.458 e. The lowest BCUT2D eigenvalue weighted by Gasteiger charge is -2.18. The van der Waals surface area contributed by atoms with Gasteiger partial charge in [-0.2, -0.15) is 0 Å². The summed E-state index contributed by atoms with van der Waals surface area (Å²) in [5.74, 6) is -1.22. The Hall–Kier alpha value is -2.17. The highest BCUT2D eigenvalue weighted by atomic mass is 16.6. The second kappa shape index (κ2) is 5.07. The highest BCUT2D eigenvalue weighted by Gasteiger charge is 2.52. The van der Waals surface area contributed by atoms with Crippen molar-refractivity contribution in [1.82, 2.24) is 0 Å². The first-order valence-electron chi connectivity index (χ1n) is 6.60. The smallest absolute Gasteiger partial charge is 0.338 e. The first-order valence-corrected chi connectivity index (χ1v) is 6.60. The number of hydrogen-bond acceptors (Lipinski definition) is 5. The van der Waals surface area contributed by atoms with Crippen molar-refractivity contribution in [3.8, 4) is 0 Å². The highest BCUT2D eigenvalue weighted by molar-refractivity contribution is 5.89. The zero-order valence-electron chi connectivity index (χ0n) is 10.7. The molecule has 1 aliphatic carbocycles. The van der Waals surface area contributed by atoms with Crippen molar-refractivity contribution in [1.29, 1.82) is 0 Å². The Morgan fingerprint density at radius 1 is 1.30 bits per heavy atom. The van der Waals surface area contributed by atoms with Gasteiger partial charge in [0.25, 0.3) is 0 Å². The molecule has 1 heterocycles. The normalized spacial score (nSPS) is 31.5. The SMILES string of the molecule is O=CC1CC(OC(=O)c2ccccc2)C2OC(=O)CC12. The van der Waals surface area contributed by atoms with Crippen LogP contribution in [0.2, 0.25) is 0 Å². The molecule has 4 atom stereocenters. The van der Waals surface area contributed by atoms with Gasteiger partial charge in [-0.15, -0.1) is 0 Å². The second-order valence-electron chi connectivity index (χ2n) is 5.17. The Kier molecular flexibility index (Phi) is 3.26. The third-order valence-corrected chi connectivity index (χ3v) is 3.96. The number of fused-ring (bicyclic) bond motifs is 1. The fraction of sp³-hybridized carbons (Fsp3) is 0.400. The van der Waals surface area contributed by atoms with E-state index in [9.17, 15) is 14.4 Å². The first kappa shape index (κ1) is 12.8. The van der Waals surface area contributed by atoms with Crippen molar-refractivity contribution < 1.29 is 23.9 Å². The van der Waals surface area contributed by atoms with Crippen LogP contribution in [0.1, 0.15) is 23.2 Å². The monoisotopic (exact) mass is 274 g/mol. The van der Waals surface area contributed by atoms with Crippen molar-refractivity contribution in [2.45, 2.75) is 25.0 Å². The fourth-order valence-electron chi connectivity index (χ4n) is 2.97. The van der Waals surface area contributed by atoms with E-state index in [4.69, 9.17) is 9.47 Å². The zero-order valence-corrected chi connectivity index (χ0v) is 10.7. The zero-order chi connectivity index (χ0) is 14.1. The Morgan fingerprint density at radius 2 is 2.05 bits per heavy atom. The van der Waals surface area contributed by atoms with Crippen LogP contribution in [0, 0.1) is 11.8 Å². The van der Waals surface area contributed by atoms with Crippen molar-refractivity contribution in [2.24, 2.45) is 11.8 Å². The maximum Gasteiger partial charge on any atom is 0.338 e. The lowest BCUT2D eigenvalue weighted by molar-refractivity contribution is -0.145. The molecule has 0 amide bonds. The van der Waals surface area contributed by atoms with E-state index in [-0.39, 0.29) is 24.2 Å². The topological polar surface area (TPSA) is 69.7 Å². The van der Waals surface area contributed by atoms with E-state index in [0.29, 0.717) is 12.0 Å². The molecule has 4 unspecified atom stereocenters. The Balaban J connectivity index is 1.73. The van der Waals surface area contributed by atoms with Crippen LogP contribution in [0.3, 0.4) is 0 Å². The maximum absolute atomic E-state index is 12.0. The Morgan fingerprint density at radius 3 is 2.75 bits per heavy atom. The van der Waals surface area contributed by atoms with Gasteiger partial charge in [0.1, 0.15) is 18.5 Å². The van der Waals surface area contributed by atoms with E-state index in [1.807, 2.05) is 6.07 Å². The van der Waals surface area contributed by atoms with Crippen LogP contribution in [0.25, 0.3) is 0 Å². The van der Waals surface area contributed by atoms with Crippen LogP contribution >= 0.6 is 0 Å². The minimum Gasteiger partial charge on any atom is -0.458 e. The highest BCUT2D eigenvalue weighted by Crippen LogP contribution is 2.41. The summed E-state index contributed by atoms with van der Waals surface area (Å²) >= 11 is 0. The van der Waals surface area contributed by atoms with Gasteiger partial charge in [-0.05, 0) is 18.6 Å². The van der Waals surface area contributed by atoms with Crippen molar-refractivity contribution in [3.63, 3.8) is 0 Å². The lowest BCUT2D eigenvalue weighted by atomic mass is 9.95. The molecule has 1 saturated heterocycles. The molecule has 0 aromatic heterocycles. The molecule has 20 heavy (non-hydrogen) atoms. The first-order chi connectivity index (χ1) is 9.69. The number of rotatable bonds is 3. The van der Waals surface area contributed by atoms with Gasteiger partial charge in [-0.25, -0.2) is 4.79 Å². The number of ether oxygens (including phenoxy) is 2. The third kappa shape index (κ3) is 2.19. The van der Waals surface area contributed by atoms with Crippen molar-refractivity contribution in [2.75, 3.05) is 0 Å². The number of carbonyl (C=O) groups excluding carboxylic acids is 3. The van der Waals surface area contributed by atoms with Crippen molar-refractivity contribution in [3.05, 3.63) is 35.9 Å². The van der Waals surface area contributed by atoms with Gasteiger partial charge in [0.2, 0.25) is 0 Å². The molecule has 2 aliphatic rings. The summed E-state index contributed by atoms with van der Waals surface area (Å²) in [5, 5.41) is 0. The van der Waals surface area contributed by atoms with Gasteiger partial charge in [0.15, 0.2) is 0 Å². The molecule has 5 heteroatoms. The lowest BCUT2D eigenvalue weighted by Crippen LogP contribution is -2.29. The molecular weight excluding hydrogens is 260 g/mol. The fourth-order valence-corrected chi connectivity index (χ4v) is 2.97. The molecule has 1 saturated carbocycles. The molecule has 3 rings (SSSR count). The third-order valence-electron chi connectivity index (χ3n) is 3.96. The summed E-state index contributed by atoms with van der Waals surface area (Å²) in [5.41, 5.74) is 0.447. The molecule has 104 valence electrons. The van der Waals surface area contributed by atoms with Gasteiger partial charge in [-0.3, -0.25) is 4.79 Å².